The number of nitrogens with zero attached hydrogens (tertiary/aromatic N) is 1. The Labute approximate surface area is 132 Å². The van der Waals surface area contributed by atoms with Crippen LogP contribution in [0.3, 0.4) is 0 Å². The minimum Gasteiger partial charge on any atom is -0.492 e. The van der Waals surface area contributed by atoms with Crippen LogP contribution in [0.5, 0.6) is 5.75 Å². The number of carboxylic acids is 1. The Hall–Kier alpha value is -1.12. The van der Waals surface area contributed by atoms with Gasteiger partial charge < -0.3 is 9.84 Å². The number of carboxylic acid groups (broad SMARTS) is 1. The van der Waals surface area contributed by atoms with Crippen LogP contribution in [-0.2, 0) is 14.8 Å². The molecule has 0 aromatic heterocycles. The molecular formula is C13H18BrNO5S. The van der Waals surface area contributed by atoms with Crippen LogP contribution in [0.2, 0.25) is 0 Å². The lowest BCUT2D eigenvalue weighted by atomic mass is 10.3. The summed E-state index contributed by atoms with van der Waals surface area (Å²) in [6, 6.07) is 7.24. The van der Waals surface area contributed by atoms with E-state index in [1.54, 1.807) is 12.1 Å². The van der Waals surface area contributed by atoms with Gasteiger partial charge in [0.05, 0.1) is 5.75 Å². The third-order valence-electron chi connectivity index (χ3n) is 2.76. The number of halogens is 1. The van der Waals surface area contributed by atoms with Crippen LogP contribution in [0.15, 0.2) is 28.7 Å². The minimum absolute atomic E-state index is 0.107. The molecule has 118 valence electrons. The number of rotatable bonds is 9. The molecule has 21 heavy (non-hydrogen) atoms. The summed E-state index contributed by atoms with van der Waals surface area (Å²) in [5.41, 5.74) is 0. The zero-order valence-electron chi connectivity index (χ0n) is 11.7. The predicted molar refractivity (Wildman–Crippen MR) is 82.9 cm³/mol. The van der Waals surface area contributed by atoms with Crippen LogP contribution >= 0.6 is 15.9 Å². The fourth-order valence-electron chi connectivity index (χ4n) is 1.52. The van der Waals surface area contributed by atoms with E-state index in [0.29, 0.717) is 5.75 Å². The normalized spacial score (nSPS) is 11.6. The van der Waals surface area contributed by atoms with Crippen molar-refractivity contribution in [1.82, 2.24) is 4.31 Å². The summed E-state index contributed by atoms with van der Waals surface area (Å²) in [5, 5.41) is 8.50. The van der Waals surface area contributed by atoms with Gasteiger partial charge in [0.1, 0.15) is 12.4 Å². The average molecular weight is 380 g/mol. The lowest BCUT2D eigenvalue weighted by Crippen LogP contribution is -2.33. The summed E-state index contributed by atoms with van der Waals surface area (Å²) in [6.07, 6.45) is -0.0436. The topological polar surface area (TPSA) is 83.9 Å². The first-order chi connectivity index (χ1) is 9.81. The molecule has 0 saturated carbocycles. The van der Waals surface area contributed by atoms with Crippen LogP contribution < -0.4 is 4.74 Å². The Bertz CT molecular complexity index is 558. The molecule has 0 atom stereocenters. The van der Waals surface area contributed by atoms with Crippen molar-refractivity contribution >= 4 is 31.9 Å². The third kappa shape index (κ3) is 6.92. The van der Waals surface area contributed by atoms with Crippen molar-refractivity contribution in [3.05, 3.63) is 28.7 Å². The maximum atomic E-state index is 11.9. The van der Waals surface area contributed by atoms with Gasteiger partial charge in [-0.15, -0.1) is 0 Å². The van der Waals surface area contributed by atoms with Crippen molar-refractivity contribution in [1.29, 1.82) is 0 Å². The summed E-state index contributed by atoms with van der Waals surface area (Å²) in [5.74, 6) is -0.505. The first kappa shape index (κ1) is 17.9. The fraction of sp³-hybridized carbons (Fsp3) is 0.462. The monoisotopic (exact) mass is 379 g/mol. The van der Waals surface area contributed by atoms with E-state index in [0.717, 1.165) is 4.47 Å². The van der Waals surface area contributed by atoms with Crippen LogP contribution in [0.25, 0.3) is 0 Å². The molecule has 8 heteroatoms. The molecule has 0 saturated heterocycles. The van der Waals surface area contributed by atoms with E-state index in [1.807, 2.05) is 12.1 Å². The number of ether oxygens (including phenoxy) is 1. The highest BCUT2D eigenvalue weighted by atomic mass is 79.9. The van der Waals surface area contributed by atoms with Crippen molar-refractivity contribution in [2.24, 2.45) is 0 Å². The van der Waals surface area contributed by atoms with Crippen molar-refractivity contribution in [3.63, 3.8) is 0 Å². The highest BCUT2D eigenvalue weighted by molar-refractivity contribution is 9.10. The van der Waals surface area contributed by atoms with E-state index in [4.69, 9.17) is 9.84 Å². The number of carbonyl (C=O) groups is 1. The molecule has 0 unspecified atom stereocenters. The molecule has 0 radical (unpaired) electrons. The molecule has 1 aromatic rings. The molecule has 0 heterocycles. The molecule has 1 N–H and O–H groups in total. The summed E-state index contributed by atoms with van der Waals surface area (Å²) in [4.78, 5) is 10.4. The second-order valence-corrected chi connectivity index (χ2v) is 7.55. The van der Waals surface area contributed by atoms with E-state index < -0.39 is 16.0 Å². The third-order valence-corrected chi connectivity index (χ3v) is 5.22. The molecule has 1 rings (SSSR count). The van der Waals surface area contributed by atoms with E-state index in [9.17, 15) is 13.2 Å². The summed E-state index contributed by atoms with van der Waals surface area (Å²) < 4.78 is 31.3. The SMILES string of the molecule is CN(CCOc1ccc(Br)cc1)S(=O)(=O)CCCC(=O)O. The smallest absolute Gasteiger partial charge is 0.303 e. The molecule has 0 spiro atoms. The molecule has 0 aliphatic rings. The van der Waals surface area contributed by atoms with Crippen molar-refractivity contribution in [3.8, 4) is 5.75 Å². The fourth-order valence-corrected chi connectivity index (χ4v) is 2.96. The molecule has 1 aromatic carbocycles. The van der Waals surface area contributed by atoms with Gasteiger partial charge in [0.2, 0.25) is 10.0 Å². The summed E-state index contributed by atoms with van der Waals surface area (Å²) >= 11 is 3.31. The van der Waals surface area contributed by atoms with Gasteiger partial charge >= 0.3 is 5.97 Å². The Morgan fingerprint density at radius 1 is 1.33 bits per heavy atom. The van der Waals surface area contributed by atoms with E-state index in [2.05, 4.69) is 15.9 Å². The molecule has 6 nitrogen and oxygen atoms in total. The molecule has 0 amide bonds. The lowest BCUT2D eigenvalue weighted by molar-refractivity contribution is -0.137. The van der Waals surface area contributed by atoms with Crippen molar-refractivity contribution in [2.75, 3.05) is 26.0 Å². The summed E-state index contributed by atoms with van der Waals surface area (Å²) in [7, 11) is -1.98. The Kier molecular flexibility index (Phi) is 7.13. The Balaban J connectivity index is 2.36. The molecule has 0 aliphatic carbocycles. The van der Waals surface area contributed by atoms with Crippen molar-refractivity contribution < 1.29 is 23.1 Å². The Morgan fingerprint density at radius 3 is 2.52 bits per heavy atom. The molecule has 0 bridgehead atoms. The molecule has 0 aliphatic heterocycles. The van der Waals surface area contributed by atoms with Gasteiger partial charge in [-0.25, -0.2) is 12.7 Å². The Morgan fingerprint density at radius 2 is 1.95 bits per heavy atom. The van der Waals surface area contributed by atoms with Gasteiger partial charge in [-0.1, -0.05) is 15.9 Å². The standard InChI is InChI=1S/C13H18BrNO5S/c1-15(21(18,19)10-2-3-13(16)17)8-9-20-12-6-4-11(14)5-7-12/h4-7H,2-3,8-10H2,1H3,(H,16,17). The van der Waals surface area contributed by atoms with Gasteiger partial charge in [-0.2, -0.15) is 0 Å². The minimum atomic E-state index is -3.43. The summed E-state index contributed by atoms with van der Waals surface area (Å²) in [6.45, 7) is 0.446. The van der Waals surface area contributed by atoms with Gasteiger partial charge in [0, 0.05) is 24.5 Å². The van der Waals surface area contributed by atoms with Gasteiger partial charge in [0.15, 0.2) is 0 Å². The zero-order valence-corrected chi connectivity index (χ0v) is 14.1. The van der Waals surface area contributed by atoms with E-state index in [-0.39, 0.29) is 31.7 Å². The maximum Gasteiger partial charge on any atom is 0.303 e. The lowest BCUT2D eigenvalue weighted by Gasteiger charge is -2.17. The molecular weight excluding hydrogens is 362 g/mol. The quantitative estimate of drug-likeness (QED) is 0.708. The van der Waals surface area contributed by atoms with Crippen LogP contribution in [0, 0.1) is 0 Å². The number of hydrogen-bond donors (Lipinski definition) is 1. The molecule has 0 fully saturated rings. The predicted octanol–water partition coefficient (Wildman–Crippen LogP) is 1.95. The van der Waals surface area contributed by atoms with Gasteiger partial charge in [-0.3, -0.25) is 4.79 Å². The first-order valence-corrected chi connectivity index (χ1v) is 8.75. The van der Waals surface area contributed by atoms with Crippen LogP contribution in [0.1, 0.15) is 12.8 Å². The highest BCUT2D eigenvalue weighted by Gasteiger charge is 2.17. The average Bonchev–Trinajstić information content (AvgIpc) is 2.40. The highest BCUT2D eigenvalue weighted by Crippen LogP contribution is 2.16. The van der Waals surface area contributed by atoms with E-state index in [1.165, 1.54) is 11.4 Å². The first-order valence-electron chi connectivity index (χ1n) is 6.35. The second-order valence-electron chi connectivity index (χ2n) is 4.44. The second kappa shape index (κ2) is 8.35. The van der Waals surface area contributed by atoms with E-state index >= 15 is 0 Å². The number of benzene rings is 1. The maximum absolute atomic E-state index is 11.9. The van der Waals surface area contributed by atoms with Crippen molar-refractivity contribution in [2.45, 2.75) is 12.8 Å². The number of sulfonamides is 1. The largest absolute Gasteiger partial charge is 0.492 e. The number of aliphatic carboxylic acids is 1. The van der Waals surface area contributed by atoms with Gasteiger partial charge in [0.25, 0.3) is 0 Å². The van der Waals surface area contributed by atoms with Crippen LogP contribution in [-0.4, -0.2) is 49.8 Å². The van der Waals surface area contributed by atoms with Gasteiger partial charge in [-0.05, 0) is 30.7 Å². The zero-order chi connectivity index (χ0) is 15.9. The van der Waals surface area contributed by atoms with Crippen LogP contribution in [0.4, 0.5) is 0 Å². The number of hydrogen-bond acceptors (Lipinski definition) is 4. The number of likely N-dealkylation sites (N-methyl/N-ethyl adjacent to an activating group) is 1.